The van der Waals surface area contributed by atoms with Crippen LogP contribution in [0.3, 0.4) is 0 Å². The van der Waals surface area contributed by atoms with E-state index in [9.17, 15) is 0 Å². The lowest BCUT2D eigenvalue weighted by Gasteiger charge is -2.38. The van der Waals surface area contributed by atoms with Crippen LogP contribution < -0.4 is 14.2 Å². The monoisotopic (exact) mass is 554 g/mol. The molecule has 0 saturated heterocycles. The van der Waals surface area contributed by atoms with E-state index in [4.69, 9.17) is 19.3 Å². The summed E-state index contributed by atoms with van der Waals surface area (Å²) in [6.07, 6.45) is 0.470. The Kier molecular flexibility index (Phi) is 6.58. The molecule has 2 aliphatic heterocycles. The Hall–Kier alpha value is -3.77. The van der Waals surface area contributed by atoms with Crippen molar-refractivity contribution in [2.45, 2.75) is 32.2 Å². The third-order valence-electron chi connectivity index (χ3n) is 6.66. The lowest BCUT2D eigenvalue weighted by molar-refractivity contribution is -0.0191. The van der Waals surface area contributed by atoms with Crippen LogP contribution in [-0.4, -0.2) is 17.3 Å². The van der Waals surface area contributed by atoms with Crippen LogP contribution in [0.5, 0.6) is 17.2 Å². The van der Waals surface area contributed by atoms with Crippen molar-refractivity contribution in [1.29, 1.82) is 0 Å². The second-order valence-corrected chi connectivity index (χ2v) is 10.0. The average molecular weight is 555 g/mol. The predicted octanol–water partition coefficient (Wildman–Crippen LogP) is 7.67. The van der Waals surface area contributed by atoms with Gasteiger partial charge in [0.25, 0.3) is 0 Å². The second kappa shape index (κ2) is 10.3. The summed E-state index contributed by atoms with van der Waals surface area (Å²) in [6.45, 7) is 3.17. The maximum Gasteiger partial charge on any atom is 0.213 e. The summed E-state index contributed by atoms with van der Waals surface area (Å²) in [5.41, 5.74) is 5.44. The molecule has 6 heteroatoms. The van der Waals surface area contributed by atoms with Gasteiger partial charge in [0, 0.05) is 22.0 Å². The molecule has 5 nitrogen and oxygen atoms in total. The summed E-state index contributed by atoms with van der Waals surface area (Å²) in [5.74, 6) is 2.58. The lowest BCUT2D eigenvalue weighted by Crippen LogP contribution is -2.33. The Labute approximate surface area is 225 Å². The Morgan fingerprint density at radius 3 is 2.38 bits per heavy atom. The summed E-state index contributed by atoms with van der Waals surface area (Å²) in [5, 5.41) is 7.18. The van der Waals surface area contributed by atoms with Crippen molar-refractivity contribution < 1.29 is 14.2 Å². The highest BCUT2D eigenvalue weighted by Gasteiger charge is 2.41. The van der Waals surface area contributed by atoms with Gasteiger partial charge in [0.15, 0.2) is 0 Å². The van der Waals surface area contributed by atoms with E-state index in [1.807, 2.05) is 61.5 Å². The second-order valence-electron chi connectivity index (χ2n) is 9.10. The predicted molar refractivity (Wildman–Crippen MR) is 148 cm³/mol. The number of halogens is 1. The van der Waals surface area contributed by atoms with Crippen molar-refractivity contribution >= 4 is 21.6 Å². The van der Waals surface area contributed by atoms with Crippen LogP contribution in [0.4, 0.5) is 0 Å². The summed E-state index contributed by atoms with van der Waals surface area (Å²) in [7, 11) is 0. The summed E-state index contributed by atoms with van der Waals surface area (Å²) in [6, 6.07) is 32.8. The van der Waals surface area contributed by atoms with Gasteiger partial charge in [-0.15, -0.1) is 0 Å². The fraction of sp³-hybridized carbons (Fsp3) is 0.194. The maximum atomic E-state index is 6.53. The quantitative estimate of drug-likeness (QED) is 0.235. The van der Waals surface area contributed by atoms with Crippen molar-refractivity contribution in [2.75, 3.05) is 6.61 Å². The molecule has 186 valence electrons. The highest BCUT2D eigenvalue weighted by atomic mass is 79.9. The standard InChI is InChI=1S/C31H27BrN2O3/c1-2-35-25-13-8-22(9-14-25)28-19-29-27-18-24(32)12-17-30(27)37-31(34(29)33-28)23-10-15-26(16-11-23)36-20-21-6-4-3-5-7-21/h3-18,29,31H,2,19-20H2,1H3/t29-,31+/m0/s1. The van der Waals surface area contributed by atoms with Gasteiger partial charge in [0.1, 0.15) is 23.9 Å². The summed E-state index contributed by atoms with van der Waals surface area (Å²) < 4.78 is 19.2. The van der Waals surface area contributed by atoms with Gasteiger partial charge in [0.05, 0.1) is 18.4 Å². The van der Waals surface area contributed by atoms with Crippen LogP contribution in [0.2, 0.25) is 0 Å². The molecule has 0 fully saturated rings. The molecule has 0 unspecified atom stereocenters. The largest absolute Gasteiger partial charge is 0.494 e. The average Bonchev–Trinajstić information content (AvgIpc) is 3.39. The van der Waals surface area contributed by atoms with Gasteiger partial charge in [-0.25, -0.2) is 5.01 Å². The minimum atomic E-state index is -0.331. The van der Waals surface area contributed by atoms with Crippen molar-refractivity contribution in [3.05, 3.63) is 124 Å². The van der Waals surface area contributed by atoms with Crippen LogP contribution in [-0.2, 0) is 6.61 Å². The zero-order valence-corrected chi connectivity index (χ0v) is 22.1. The SMILES string of the molecule is CCOc1ccc(C2=NN3[C@@H](c4ccc(OCc5ccccc5)cc4)Oc4ccc(Br)cc4[C@@H]3C2)cc1. The molecule has 4 aromatic carbocycles. The minimum absolute atomic E-state index is 0.0850. The van der Waals surface area contributed by atoms with E-state index in [0.29, 0.717) is 13.2 Å². The van der Waals surface area contributed by atoms with Gasteiger partial charge in [-0.1, -0.05) is 46.3 Å². The van der Waals surface area contributed by atoms with Crippen molar-refractivity contribution in [3.63, 3.8) is 0 Å². The molecule has 0 spiro atoms. The molecule has 2 aliphatic rings. The van der Waals surface area contributed by atoms with Crippen LogP contribution >= 0.6 is 15.9 Å². The van der Waals surface area contributed by atoms with E-state index in [0.717, 1.165) is 56.1 Å². The molecule has 0 amide bonds. The first-order valence-corrected chi connectivity index (χ1v) is 13.3. The van der Waals surface area contributed by atoms with Crippen LogP contribution in [0.1, 0.15) is 47.9 Å². The molecule has 4 aromatic rings. The van der Waals surface area contributed by atoms with E-state index < -0.39 is 0 Å². The molecular formula is C31H27BrN2O3. The van der Waals surface area contributed by atoms with Crippen molar-refractivity contribution in [2.24, 2.45) is 5.10 Å². The molecule has 6 rings (SSSR count). The molecule has 0 bridgehead atoms. The normalized spacial score (nSPS) is 17.9. The Bertz CT molecular complexity index is 1410. The highest BCUT2D eigenvalue weighted by molar-refractivity contribution is 9.10. The number of ether oxygens (including phenoxy) is 3. The van der Waals surface area contributed by atoms with E-state index >= 15 is 0 Å². The molecule has 2 atom stereocenters. The molecule has 0 aromatic heterocycles. The third kappa shape index (κ3) is 4.94. The number of rotatable bonds is 7. The fourth-order valence-electron chi connectivity index (χ4n) is 4.83. The Morgan fingerprint density at radius 2 is 1.62 bits per heavy atom. The Morgan fingerprint density at radius 1 is 0.892 bits per heavy atom. The van der Waals surface area contributed by atoms with Crippen molar-refractivity contribution in [3.8, 4) is 17.2 Å². The van der Waals surface area contributed by atoms with Gasteiger partial charge >= 0.3 is 0 Å². The molecule has 0 saturated carbocycles. The highest BCUT2D eigenvalue weighted by Crippen LogP contribution is 2.48. The molecular weight excluding hydrogens is 528 g/mol. The summed E-state index contributed by atoms with van der Waals surface area (Å²) >= 11 is 3.63. The van der Waals surface area contributed by atoms with E-state index in [2.05, 4.69) is 63.4 Å². The zero-order valence-electron chi connectivity index (χ0n) is 20.5. The van der Waals surface area contributed by atoms with Gasteiger partial charge in [-0.3, -0.25) is 0 Å². The fourth-order valence-corrected chi connectivity index (χ4v) is 5.21. The summed E-state index contributed by atoms with van der Waals surface area (Å²) in [4.78, 5) is 0. The van der Waals surface area contributed by atoms with Gasteiger partial charge in [-0.2, -0.15) is 5.10 Å². The van der Waals surface area contributed by atoms with Crippen molar-refractivity contribution in [1.82, 2.24) is 5.01 Å². The number of nitrogens with zero attached hydrogens (tertiary/aromatic N) is 2. The van der Waals surface area contributed by atoms with E-state index in [1.54, 1.807) is 0 Å². The number of hydrogen-bond acceptors (Lipinski definition) is 5. The van der Waals surface area contributed by atoms with E-state index in [-0.39, 0.29) is 12.3 Å². The number of hydrazone groups is 1. The number of benzene rings is 4. The number of hydrogen-bond donors (Lipinski definition) is 0. The smallest absolute Gasteiger partial charge is 0.213 e. The maximum absolute atomic E-state index is 6.53. The molecule has 0 aliphatic carbocycles. The lowest BCUT2D eigenvalue weighted by atomic mass is 9.96. The van der Waals surface area contributed by atoms with E-state index in [1.165, 1.54) is 0 Å². The molecule has 0 N–H and O–H groups in total. The Balaban J connectivity index is 1.28. The van der Waals surface area contributed by atoms with Crippen LogP contribution in [0, 0.1) is 0 Å². The van der Waals surface area contributed by atoms with Crippen LogP contribution in [0.25, 0.3) is 0 Å². The number of fused-ring (bicyclic) bond motifs is 3. The molecule has 2 heterocycles. The topological polar surface area (TPSA) is 43.3 Å². The minimum Gasteiger partial charge on any atom is -0.494 e. The van der Waals surface area contributed by atoms with Gasteiger partial charge in [-0.05, 0) is 84.8 Å². The molecule has 37 heavy (non-hydrogen) atoms. The first-order valence-electron chi connectivity index (χ1n) is 12.5. The van der Waals surface area contributed by atoms with Gasteiger partial charge in [0.2, 0.25) is 6.23 Å². The molecule has 0 radical (unpaired) electrons. The van der Waals surface area contributed by atoms with Crippen LogP contribution in [0.15, 0.2) is 107 Å². The van der Waals surface area contributed by atoms with Gasteiger partial charge < -0.3 is 14.2 Å². The third-order valence-corrected chi connectivity index (χ3v) is 7.16. The zero-order chi connectivity index (χ0) is 25.2. The first kappa shape index (κ1) is 23.6. The first-order chi connectivity index (χ1) is 18.2.